The summed E-state index contributed by atoms with van der Waals surface area (Å²) in [7, 11) is 1.65. The first-order chi connectivity index (χ1) is 12.0. The summed E-state index contributed by atoms with van der Waals surface area (Å²) in [6.07, 6.45) is 5.03. The summed E-state index contributed by atoms with van der Waals surface area (Å²) < 4.78 is 7.74. The molecule has 1 aliphatic rings. The van der Waals surface area contributed by atoms with Crippen molar-refractivity contribution in [3.63, 3.8) is 0 Å². The molecule has 4 nitrogen and oxygen atoms in total. The smallest absolute Gasteiger partial charge is 0.183 e. The van der Waals surface area contributed by atoms with E-state index in [1.165, 1.54) is 31.4 Å². The number of nitrogens with one attached hydrogen (secondary N) is 1. The molecule has 1 heterocycles. The van der Waals surface area contributed by atoms with E-state index in [-0.39, 0.29) is 12.3 Å². The molecule has 0 atom stereocenters. The summed E-state index contributed by atoms with van der Waals surface area (Å²) in [5.74, 6) is 0.885. The van der Waals surface area contributed by atoms with Gasteiger partial charge in [0.2, 0.25) is 0 Å². The first-order valence-corrected chi connectivity index (χ1v) is 9.11. The van der Waals surface area contributed by atoms with Gasteiger partial charge in [-0.3, -0.25) is 4.79 Å². The van der Waals surface area contributed by atoms with Gasteiger partial charge in [-0.2, -0.15) is 0 Å². The van der Waals surface area contributed by atoms with E-state index in [4.69, 9.17) is 4.74 Å². The van der Waals surface area contributed by atoms with Crippen LogP contribution in [0.5, 0.6) is 5.75 Å². The Kier molecular flexibility index (Phi) is 5.16. The summed E-state index contributed by atoms with van der Waals surface area (Å²) in [6, 6.07) is 8.54. The number of carbonyl (C=O) groups excluding carboxylic acids is 1. The van der Waals surface area contributed by atoms with E-state index in [2.05, 4.69) is 23.7 Å². The third-order valence-corrected chi connectivity index (χ3v) is 5.27. The molecule has 0 bridgehead atoms. The van der Waals surface area contributed by atoms with Crippen LogP contribution in [0.4, 0.5) is 5.69 Å². The van der Waals surface area contributed by atoms with Crippen molar-refractivity contribution < 1.29 is 9.53 Å². The normalized spacial score (nSPS) is 14.7. The summed E-state index contributed by atoms with van der Waals surface area (Å²) >= 11 is 0. The lowest BCUT2D eigenvalue weighted by atomic mass is 10.1. The number of hydrogen-bond acceptors (Lipinski definition) is 3. The van der Waals surface area contributed by atoms with Gasteiger partial charge in [-0.15, -0.1) is 0 Å². The van der Waals surface area contributed by atoms with Crippen LogP contribution in [0.15, 0.2) is 24.3 Å². The van der Waals surface area contributed by atoms with Crippen molar-refractivity contribution in [2.45, 2.75) is 52.5 Å². The van der Waals surface area contributed by atoms with Gasteiger partial charge < -0.3 is 14.6 Å². The van der Waals surface area contributed by atoms with Crippen molar-refractivity contribution in [1.82, 2.24) is 4.57 Å². The number of methoxy groups -OCH3 is 1. The first-order valence-electron chi connectivity index (χ1n) is 9.11. The summed E-state index contributed by atoms with van der Waals surface area (Å²) in [5, 5.41) is 3.24. The van der Waals surface area contributed by atoms with Crippen molar-refractivity contribution in [1.29, 1.82) is 0 Å². The highest BCUT2D eigenvalue weighted by molar-refractivity contribution is 6.00. The molecule has 0 aliphatic heterocycles. The number of anilines is 1. The second kappa shape index (κ2) is 7.34. The minimum absolute atomic E-state index is 0.126. The zero-order valence-electron chi connectivity index (χ0n) is 15.7. The molecule has 134 valence electrons. The molecule has 1 aromatic heterocycles. The molecule has 1 N–H and O–H groups in total. The average molecular weight is 340 g/mol. The lowest BCUT2D eigenvalue weighted by Gasteiger charge is -2.17. The third kappa shape index (κ3) is 3.58. The zero-order chi connectivity index (χ0) is 18.0. The van der Waals surface area contributed by atoms with Crippen LogP contribution in [-0.2, 0) is 0 Å². The van der Waals surface area contributed by atoms with E-state index >= 15 is 0 Å². The van der Waals surface area contributed by atoms with E-state index in [1.54, 1.807) is 7.11 Å². The monoisotopic (exact) mass is 340 g/mol. The minimum atomic E-state index is 0.126. The maximum atomic E-state index is 12.8. The van der Waals surface area contributed by atoms with Crippen LogP contribution in [-0.4, -0.2) is 24.0 Å². The molecule has 0 spiro atoms. The van der Waals surface area contributed by atoms with Crippen molar-refractivity contribution >= 4 is 11.5 Å². The molecular formula is C21H28N2O2. The molecule has 4 heteroatoms. The van der Waals surface area contributed by atoms with Crippen molar-refractivity contribution in [3.8, 4) is 5.75 Å². The Balaban J connectivity index is 1.76. The number of aryl methyl sites for hydroxylation is 2. The number of rotatable bonds is 6. The Labute approximate surface area is 150 Å². The number of hydrogen-bond donors (Lipinski definition) is 1. The average Bonchev–Trinajstić information content (AvgIpc) is 3.20. The molecular weight excluding hydrogens is 312 g/mol. The van der Waals surface area contributed by atoms with Crippen molar-refractivity contribution in [3.05, 3.63) is 46.8 Å². The van der Waals surface area contributed by atoms with Gasteiger partial charge in [0.1, 0.15) is 5.75 Å². The Morgan fingerprint density at radius 1 is 1.20 bits per heavy atom. The quantitative estimate of drug-likeness (QED) is 0.766. The van der Waals surface area contributed by atoms with Crippen LogP contribution < -0.4 is 10.1 Å². The second-order valence-electron chi connectivity index (χ2n) is 7.07. The molecule has 3 rings (SSSR count). The molecule has 0 amide bonds. The van der Waals surface area contributed by atoms with Crippen LogP contribution in [0.25, 0.3) is 0 Å². The van der Waals surface area contributed by atoms with Gasteiger partial charge in [0.05, 0.1) is 19.3 Å². The van der Waals surface area contributed by atoms with Gasteiger partial charge in [-0.25, -0.2) is 0 Å². The highest BCUT2D eigenvalue weighted by Crippen LogP contribution is 2.33. The fraction of sp³-hybridized carbons (Fsp3) is 0.476. The Hall–Kier alpha value is -2.23. The highest BCUT2D eigenvalue weighted by atomic mass is 16.5. The number of benzene rings is 1. The molecule has 25 heavy (non-hydrogen) atoms. The maximum absolute atomic E-state index is 12.8. The predicted molar refractivity (Wildman–Crippen MR) is 102 cm³/mol. The molecule has 0 radical (unpaired) electrons. The van der Waals surface area contributed by atoms with Gasteiger partial charge in [0.25, 0.3) is 0 Å². The molecule has 0 unspecified atom stereocenters. The summed E-state index contributed by atoms with van der Waals surface area (Å²) in [6.45, 7) is 6.49. The first kappa shape index (κ1) is 17.6. The van der Waals surface area contributed by atoms with Crippen molar-refractivity contribution in [2.24, 2.45) is 0 Å². The van der Waals surface area contributed by atoms with Crippen LogP contribution in [0.3, 0.4) is 0 Å². The Morgan fingerprint density at radius 2 is 1.92 bits per heavy atom. The summed E-state index contributed by atoms with van der Waals surface area (Å²) in [5.41, 5.74) is 5.13. The van der Waals surface area contributed by atoms with Crippen LogP contribution in [0, 0.1) is 20.8 Å². The number of ether oxygens (including phenoxy) is 1. The van der Waals surface area contributed by atoms with E-state index < -0.39 is 0 Å². The van der Waals surface area contributed by atoms with E-state index in [1.807, 2.05) is 31.2 Å². The van der Waals surface area contributed by atoms with Gasteiger partial charge in [-0.05, 0) is 57.4 Å². The summed E-state index contributed by atoms with van der Waals surface area (Å²) in [4.78, 5) is 12.8. The standard InChI is InChI=1S/C21H28N2O2/c1-14-9-10-21(25-4)19(11-14)22-13-20(24)18-12-15(2)23(16(18)3)17-7-5-6-8-17/h9-12,17,22H,5-8,13H2,1-4H3. The van der Waals surface area contributed by atoms with Gasteiger partial charge in [-0.1, -0.05) is 18.9 Å². The Morgan fingerprint density at radius 3 is 2.60 bits per heavy atom. The lowest BCUT2D eigenvalue weighted by molar-refractivity contribution is 0.101. The fourth-order valence-corrected chi connectivity index (χ4v) is 4.01. The SMILES string of the molecule is COc1ccc(C)cc1NCC(=O)c1cc(C)n(C2CCCC2)c1C. The topological polar surface area (TPSA) is 43.3 Å². The molecule has 0 saturated heterocycles. The zero-order valence-corrected chi connectivity index (χ0v) is 15.7. The molecule has 1 saturated carbocycles. The van der Waals surface area contributed by atoms with Gasteiger partial charge in [0.15, 0.2) is 5.78 Å². The number of ketones is 1. The van der Waals surface area contributed by atoms with E-state index in [0.717, 1.165) is 28.3 Å². The molecule has 1 aromatic carbocycles. The molecule has 1 aliphatic carbocycles. The van der Waals surface area contributed by atoms with Gasteiger partial charge in [0, 0.05) is 23.0 Å². The third-order valence-electron chi connectivity index (χ3n) is 5.27. The fourth-order valence-electron chi connectivity index (χ4n) is 4.01. The number of aromatic nitrogens is 1. The molecule has 1 fully saturated rings. The Bertz CT molecular complexity index is 770. The van der Waals surface area contributed by atoms with Crippen LogP contribution in [0.1, 0.15) is 59.0 Å². The molecule has 2 aromatic rings. The second-order valence-corrected chi connectivity index (χ2v) is 7.07. The number of nitrogens with zero attached hydrogens (tertiary/aromatic N) is 1. The van der Waals surface area contributed by atoms with Crippen LogP contribution in [0.2, 0.25) is 0 Å². The lowest BCUT2D eigenvalue weighted by Crippen LogP contribution is -2.16. The van der Waals surface area contributed by atoms with Crippen LogP contribution >= 0.6 is 0 Å². The van der Waals surface area contributed by atoms with E-state index in [0.29, 0.717) is 6.04 Å². The predicted octanol–water partition coefficient (Wildman–Crippen LogP) is 4.83. The maximum Gasteiger partial charge on any atom is 0.183 e. The number of carbonyl (C=O) groups is 1. The highest BCUT2D eigenvalue weighted by Gasteiger charge is 2.23. The number of Topliss-reactive ketones (excluding diaryl/α,β-unsaturated/α-hetero) is 1. The minimum Gasteiger partial charge on any atom is -0.495 e. The van der Waals surface area contributed by atoms with Crippen molar-refractivity contribution in [2.75, 3.05) is 19.0 Å². The van der Waals surface area contributed by atoms with Gasteiger partial charge >= 0.3 is 0 Å². The largest absolute Gasteiger partial charge is 0.495 e. The van der Waals surface area contributed by atoms with E-state index in [9.17, 15) is 4.79 Å².